The maximum Gasteiger partial charge on any atom is 0.226 e. The van der Waals surface area contributed by atoms with Crippen LogP contribution >= 0.6 is 0 Å². The van der Waals surface area contributed by atoms with Crippen molar-refractivity contribution in [2.24, 2.45) is 5.92 Å². The molecule has 2 heterocycles. The Bertz CT molecular complexity index is 1030. The molecule has 2 saturated carbocycles. The van der Waals surface area contributed by atoms with Crippen LogP contribution in [0, 0.1) is 5.92 Å². The normalized spacial score (nSPS) is 18.5. The lowest BCUT2D eigenvalue weighted by Crippen LogP contribution is -2.49. The number of benzene rings is 1. The molecule has 0 atom stereocenters. The van der Waals surface area contributed by atoms with Crippen LogP contribution in [-0.4, -0.2) is 66.1 Å². The number of nitrogens with two attached hydrogens (primary N) is 1. The van der Waals surface area contributed by atoms with Crippen LogP contribution in [0.1, 0.15) is 62.5 Å². The van der Waals surface area contributed by atoms with E-state index in [9.17, 15) is 4.79 Å². The van der Waals surface area contributed by atoms with E-state index < -0.39 is 0 Å². The minimum atomic E-state index is 0.274. The van der Waals surface area contributed by atoms with Gasteiger partial charge in [-0.3, -0.25) is 4.79 Å². The summed E-state index contributed by atoms with van der Waals surface area (Å²) < 4.78 is 0. The van der Waals surface area contributed by atoms with Gasteiger partial charge in [0.05, 0.1) is 0 Å². The molecular weight excluding hydrogens is 476 g/mol. The van der Waals surface area contributed by atoms with Crippen molar-refractivity contribution in [3.63, 3.8) is 0 Å². The molecule has 0 radical (unpaired) electrons. The second kappa shape index (κ2) is 13.2. The molecule has 9 heteroatoms. The van der Waals surface area contributed by atoms with Crippen molar-refractivity contribution in [3.05, 3.63) is 41.5 Å². The van der Waals surface area contributed by atoms with Crippen molar-refractivity contribution < 1.29 is 4.79 Å². The first-order valence-electron chi connectivity index (χ1n) is 14.6. The topological polar surface area (TPSA) is 111 Å². The molecule has 1 amide bonds. The first-order valence-corrected chi connectivity index (χ1v) is 14.6. The van der Waals surface area contributed by atoms with Crippen LogP contribution in [0.5, 0.6) is 0 Å². The highest BCUT2D eigenvalue weighted by molar-refractivity contribution is 5.81. The van der Waals surface area contributed by atoms with Crippen molar-refractivity contribution in [2.45, 2.75) is 70.5 Å². The van der Waals surface area contributed by atoms with Gasteiger partial charge in [0.2, 0.25) is 11.9 Å². The van der Waals surface area contributed by atoms with E-state index in [0.29, 0.717) is 24.2 Å². The standard InChI is InChI=1S/C29H44N8O/c30-26-19-27(36-15-17-37(18-16-36)28(38)24-11-12-24)35-29(34-26)33-21-23-9-7-22(8-10-23)20-31-13-4-14-32-25-5-2-1-3-6-25/h7-10,19,24-25,31-32H,1-6,11-18,20-21H2,(H3,30,33,34,35). The van der Waals surface area contributed by atoms with Crippen molar-refractivity contribution in [2.75, 3.05) is 55.2 Å². The predicted octanol–water partition coefficient (Wildman–Crippen LogP) is 3.13. The molecule has 0 bridgehead atoms. The molecular formula is C29H44N8O. The quantitative estimate of drug-likeness (QED) is 0.316. The highest BCUT2D eigenvalue weighted by Crippen LogP contribution is 2.31. The van der Waals surface area contributed by atoms with Gasteiger partial charge in [0, 0.05) is 57.3 Å². The van der Waals surface area contributed by atoms with Gasteiger partial charge in [-0.15, -0.1) is 0 Å². The number of nitrogen functional groups attached to an aromatic ring is 1. The summed E-state index contributed by atoms with van der Waals surface area (Å²) in [5.41, 5.74) is 8.56. The lowest BCUT2D eigenvalue weighted by Gasteiger charge is -2.35. The third-order valence-electron chi connectivity index (χ3n) is 7.95. The van der Waals surface area contributed by atoms with Gasteiger partial charge in [0.25, 0.3) is 0 Å². The number of aromatic nitrogens is 2. The lowest BCUT2D eigenvalue weighted by molar-refractivity contribution is -0.132. The number of nitrogens with zero attached hydrogens (tertiary/aromatic N) is 4. The molecule has 2 aliphatic carbocycles. The number of piperazine rings is 1. The van der Waals surface area contributed by atoms with Crippen molar-refractivity contribution >= 4 is 23.5 Å². The summed E-state index contributed by atoms with van der Waals surface area (Å²) in [6.45, 7) is 6.66. The van der Waals surface area contributed by atoms with E-state index in [-0.39, 0.29) is 5.92 Å². The van der Waals surface area contributed by atoms with Crippen molar-refractivity contribution in [1.82, 2.24) is 25.5 Å². The molecule has 1 saturated heterocycles. The van der Waals surface area contributed by atoms with Gasteiger partial charge >= 0.3 is 0 Å². The molecule has 9 nitrogen and oxygen atoms in total. The monoisotopic (exact) mass is 520 g/mol. The van der Waals surface area contributed by atoms with E-state index in [1.807, 2.05) is 11.0 Å². The van der Waals surface area contributed by atoms with E-state index in [4.69, 9.17) is 10.7 Å². The molecule has 0 unspecified atom stereocenters. The maximum absolute atomic E-state index is 12.3. The smallest absolute Gasteiger partial charge is 0.226 e. The van der Waals surface area contributed by atoms with E-state index in [1.165, 1.54) is 43.2 Å². The number of amides is 1. The van der Waals surface area contributed by atoms with Crippen LogP contribution in [0.3, 0.4) is 0 Å². The molecule has 1 aromatic carbocycles. The van der Waals surface area contributed by atoms with E-state index in [1.54, 1.807) is 0 Å². The molecule has 38 heavy (non-hydrogen) atoms. The van der Waals surface area contributed by atoms with Crippen LogP contribution in [0.15, 0.2) is 30.3 Å². The Kier molecular flexibility index (Phi) is 9.30. The van der Waals surface area contributed by atoms with Crippen molar-refractivity contribution in [3.8, 4) is 0 Å². The average molecular weight is 521 g/mol. The predicted molar refractivity (Wildman–Crippen MR) is 153 cm³/mol. The maximum atomic E-state index is 12.3. The Hall–Kier alpha value is -2.91. The van der Waals surface area contributed by atoms with Crippen molar-refractivity contribution in [1.29, 1.82) is 0 Å². The number of nitrogens with one attached hydrogen (secondary N) is 3. The van der Waals surface area contributed by atoms with Crippen LogP contribution in [0.2, 0.25) is 0 Å². The summed E-state index contributed by atoms with van der Waals surface area (Å²) in [6, 6.07) is 11.2. The second-order valence-electron chi connectivity index (χ2n) is 11.1. The minimum Gasteiger partial charge on any atom is -0.383 e. The van der Waals surface area contributed by atoms with Gasteiger partial charge in [-0.25, -0.2) is 0 Å². The van der Waals surface area contributed by atoms with Gasteiger partial charge in [0.1, 0.15) is 11.6 Å². The zero-order valence-corrected chi connectivity index (χ0v) is 22.6. The summed E-state index contributed by atoms with van der Waals surface area (Å²) in [6.07, 6.45) is 10.1. The molecule has 0 spiro atoms. The lowest BCUT2D eigenvalue weighted by atomic mass is 9.95. The summed E-state index contributed by atoms with van der Waals surface area (Å²) in [5.74, 6) is 2.39. The minimum absolute atomic E-state index is 0.274. The van der Waals surface area contributed by atoms with Gasteiger partial charge in [-0.1, -0.05) is 43.5 Å². The molecule has 3 fully saturated rings. The molecule has 5 rings (SSSR count). The molecule has 2 aromatic rings. The van der Waals surface area contributed by atoms with Gasteiger partial charge in [-0.05, 0) is 56.3 Å². The van der Waals surface area contributed by atoms with E-state index in [2.05, 4.69) is 50.1 Å². The zero-order valence-electron chi connectivity index (χ0n) is 22.6. The van der Waals surface area contributed by atoms with E-state index in [0.717, 1.165) is 76.9 Å². The highest BCUT2D eigenvalue weighted by atomic mass is 16.2. The Morgan fingerprint density at radius 3 is 2.32 bits per heavy atom. The van der Waals surface area contributed by atoms with Crippen LogP contribution in [-0.2, 0) is 17.9 Å². The highest BCUT2D eigenvalue weighted by Gasteiger charge is 2.34. The number of hydrogen-bond donors (Lipinski definition) is 4. The molecule has 1 aliphatic heterocycles. The van der Waals surface area contributed by atoms with Crippen LogP contribution in [0.25, 0.3) is 0 Å². The fraction of sp³-hybridized carbons (Fsp3) is 0.621. The first kappa shape index (κ1) is 26.7. The third-order valence-corrected chi connectivity index (χ3v) is 7.95. The molecule has 206 valence electrons. The Balaban J connectivity index is 1.02. The second-order valence-corrected chi connectivity index (χ2v) is 11.1. The molecule has 5 N–H and O–H groups in total. The third kappa shape index (κ3) is 7.80. The number of hydrogen-bond acceptors (Lipinski definition) is 8. The molecule has 1 aromatic heterocycles. The SMILES string of the molecule is Nc1cc(N2CCN(C(=O)C3CC3)CC2)nc(NCc2ccc(CNCCCNC3CCCCC3)cc2)n1. The van der Waals surface area contributed by atoms with E-state index >= 15 is 0 Å². The van der Waals surface area contributed by atoms with Gasteiger partial charge in [0.15, 0.2) is 0 Å². The van der Waals surface area contributed by atoms with Gasteiger partial charge in [-0.2, -0.15) is 9.97 Å². The number of carbonyl (C=O) groups excluding carboxylic acids is 1. The summed E-state index contributed by atoms with van der Waals surface area (Å²) >= 11 is 0. The Morgan fingerprint density at radius 1 is 0.895 bits per heavy atom. The molecule has 3 aliphatic rings. The van der Waals surface area contributed by atoms with Crippen LogP contribution < -0.4 is 26.6 Å². The number of anilines is 3. The Morgan fingerprint density at radius 2 is 1.61 bits per heavy atom. The van der Waals surface area contributed by atoms with Crippen LogP contribution in [0.4, 0.5) is 17.6 Å². The average Bonchev–Trinajstić information content (AvgIpc) is 3.80. The fourth-order valence-corrected chi connectivity index (χ4v) is 5.45. The summed E-state index contributed by atoms with van der Waals surface area (Å²) in [4.78, 5) is 25.6. The summed E-state index contributed by atoms with van der Waals surface area (Å²) in [7, 11) is 0. The largest absolute Gasteiger partial charge is 0.383 e. The number of carbonyl (C=O) groups is 1. The number of rotatable bonds is 12. The fourth-order valence-electron chi connectivity index (χ4n) is 5.45. The zero-order chi connectivity index (χ0) is 26.2. The summed E-state index contributed by atoms with van der Waals surface area (Å²) in [5, 5.41) is 10.6. The first-order chi connectivity index (χ1) is 18.6. The van der Waals surface area contributed by atoms with Gasteiger partial charge < -0.3 is 31.5 Å². The Labute approximate surface area is 227 Å².